The molecule has 0 spiro atoms. The Morgan fingerprint density at radius 1 is 0.871 bits per heavy atom. The van der Waals surface area contributed by atoms with E-state index in [0.29, 0.717) is 24.0 Å². The second-order valence-electron chi connectivity index (χ2n) is 17.4. The number of benzene rings is 3. The predicted molar refractivity (Wildman–Crippen MR) is 238 cm³/mol. The van der Waals surface area contributed by atoms with Crippen LogP contribution in [0.1, 0.15) is 120 Å². The summed E-state index contributed by atoms with van der Waals surface area (Å²) >= 11 is 1.44. The summed E-state index contributed by atoms with van der Waals surface area (Å²) in [5.74, 6) is -2.94. The van der Waals surface area contributed by atoms with Gasteiger partial charge in [0.05, 0.1) is 40.8 Å². The van der Waals surface area contributed by atoms with Crippen LogP contribution in [0.2, 0.25) is 0 Å². The number of aliphatic hydroxyl groups is 2. The van der Waals surface area contributed by atoms with Crippen molar-refractivity contribution >= 4 is 41.4 Å². The fraction of sp³-hybridized carbons (Fsp3) is 0.490. The highest BCUT2D eigenvalue weighted by molar-refractivity contribution is 7.98. The minimum atomic E-state index is -1.47. The smallest absolute Gasteiger partial charge is 0.335 e. The van der Waals surface area contributed by atoms with E-state index in [1.807, 2.05) is 94.6 Å². The van der Waals surface area contributed by atoms with Crippen molar-refractivity contribution in [1.82, 2.24) is 5.32 Å². The highest BCUT2D eigenvalue weighted by atomic mass is 32.2. The van der Waals surface area contributed by atoms with E-state index in [0.717, 1.165) is 16.7 Å². The fourth-order valence-electron chi connectivity index (χ4n) is 9.31. The number of rotatable bonds is 9. The lowest BCUT2D eigenvalue weighted by Gasteiger charge is -2.58. The highest BCUT2D eigenvalue weighted by Gasteiger charge is 2.68. The molecule has 2 saturated carbocycles. The number of thioether (sulfide) groups is 1. The molecule has 3 aromatic rings. The number of amides is 1. The maximum Gasteiger partial charge on any atom is 0.335 e. The van der Waals surface area contributed by atoms with Gasteiger partial charge in [-0.25, -0.2) is 4.79 Å². The Balaban J connectivity index is 0.000000264. The van der Waals surface area contributed by atoms with Crippen LogP contribution in [-0.2, 0) is 28.6 Å². The van der Waals surface area contributed by atoms with E-state index in [2.05, 4.69) is 5.32 Å². The number of ether oxygens (including phenoxy) is 3. The lowest BCUT2D eigenvalue weighted by atomic mass is 9.51. The molecule has 0 aromatic heterocycles. The molecule has 12 nitrogen and oxygen atoms in total. The minimum absolute atomic E-state index is 0.0175. The topological polar surface area (TPSA) is 186 Å². The molecule has 0 saturated heterocycles. The number of hydrogen-bond acceptors (Lipinski definition) is 11. The van der Waals surface area contributed by atoms with Crippen molar-refractivity contribution in [3.63, 3.8) is 0 Å². The van der Waals surface area contributed by atoms with Gasteiger partial charge in [-0.2, -0.15) is 0 Å². The lowest BCUT2D eigenvalue weighted by Crippen LogP contribution is -2.68. The number of Topliss-reactive ketones (excluding diaryl/α,β-unsaturated/α-hetero) is 1. The van der Waals surface area contributed by atoms with Crippen molar-refractivity contribution < 1.29 is 53.5 Å². The van der Waals surface area contributed by atoms with Crippen LogP contribution in [0.15, 0.2) is 102 Å². The van der Waals surface area contributed by atoms with E-state index < -0.39 is 64.2 Å². The molecular formula is C49H63NO11S. The molecule has 0 heterocycles. The lowest BCUT2D eigenvalue weighted by molar-refractivity contribution is -0.242. The van der Waals surface area contributed by atoms with E-state index in [1.165, 1.54) is 25.6 Å². The van der Waals surface area contributed by atoms with Crippen LogP contribution in [-0.4, -0.2) is 86.6 Å². The predicted octanol–water partition coefficient (Wildman–Crippen LogP) is 8.13. The summed E-state index contributed by atoms with van der Waals surface area (Å²) in [7, 11) is 0. The second-order valence-corrected chi connectivity index (χ2v) is 18.2. The van der Waals surface area contributed by atoms with E-state index in [1.54, 1.807) is 44.2 Å². The summed E-state index contributed by atoms with van der Waals surface area (Å²) in [5, 5.41) is 35.0. The molecule has 336 valence electrons. The van der Waals surface area contributed by atoms with Gasteiger partial charge in [0.2, 0.25) is 0 Å². The largest absolute Gasteiger partial charge is 0.478 e. The Morgan fingerprint density at radius 2 is 1.42 bits per heavy atom. The van der Waals surface area contributed by atoms with Crippen molar-refractivity contribution in [2.45, 2.75) is 123 Å². The Hall–Kier alpha value is -4.82. The third-order valence-corrected chi connectivity index (χ3v) is 13.4. The van der Waals surface area contributed by atoms with Gasteiger partial charge in [-0.3, -0.25) is 19.2 Å². The van der Waals surface area contributed by atoms with Gasteiger partial charge in [0.15, 0.2) is 11.9 Å². The molecular weight excluding hydrogens is 811 g/mol. The quantitative estimate of drug-likeness (QED) is 0.0921. The fourth-order valence-corrected chi connectivity index (χ4v) is 9.61. The van der Waals surface area contributed by atoms with Crippen LogP contribution in [0, 0.1) is 16.7 Å². The number of carbonyl (C=O) groups excluding carboxylic acids is 4. The maximum absolute atomic E-state index is 14.5. The third-order valence-electron chi connectivity index (χ3n) is 13.0. The van der Waals surface area contributed by atoms with Gasteiger partial charge in [0, 0.05) is 43.6 Å². The molecule has 7 unspecified atom stereocenters. The summed E-state index contributed by atoms with van der Waals surface area (Å²) in [4.78, 5) is 61.1. The number of aliphatic hydroxyl groups excluding tert-OH is 1. The van der Waals surface area contributed by atoms with Crippen LogP contribution in [0.25, 0.3) is 0 Å². The van der Waals surface area contributed by atoms with Gasteiger partial charge in [0.1, 0.15) is 5.60 Å². The number of allylic oxidation sites excluding steroid dienone is 1. The van der Waals surface area contributed by atoms with E-state index >= 15 is 0 Å². The number of nitrogens with one attached hydrogen (secondary N) is 1. The van der Waals surface area contributed by atoms with Crippen molar-refractivity contribution in [3.05, 3.63) is 119 Å². The number of carboxylic acids is 1. The van der Waals surface area contributed by atoms with Crippen molar-refractivity contribution in [2.75, 3.05) is 12.2 Å². The average Bonchev–Trinajstić information content (AvgIpc) is 3.24. The standard InChI is InChI=1S/C27H42O8S.C15H15NO.C7H6O2/c1-15-9-10-27(32)13-20-25(6,23(31)19(34-16(2)28)11-18(15)24(27,4)5)22(33-14-36-8)12-21(30)26(20,7)35-17(3)29;1-12(13-8-4-2-5-9-13)16-15(17)14-10-6-3-7-11-14;8-7(9)6-4-2-1-3-5-6/h19-22,30,32H,9-14H2,1-8H3;2-12H,1H3,(H,16,17);1-5H,(H,8,9)/t19?,20?,21?,22?,25?,26-,27?;;/m1../s1. The van der Waals surface area contributed by atoms with Gasteiger partial charge in [-0.1, -0.05) is 91.7 Å². The molecule has 3 aromatic carbocycles. The summed E-state index contributed by atoms with van der Waals surface area (Å²) in [6.07, 6.45) is 0.318. The Kier molecular flexibility index (Phi) is 16.9. The van der Waals surface area contributed by atoms with Gasteiger partial charge < -0.3 is 34.8 Å². The first-order chi connectivity index (χ1) is 29.1. The molecule has 2 bridgehead atoms. The van der Waals surface area contributed by atoms with Gasteiger partial charge >= 0.3 is 17.9 Å². The highest BCUT2D eigenvalue weighted by Crippen LogP contribution is 2.60. The SMILES string of the molecule is CC(NC(=O)c1ccccc1)c1ccccc1.CSCOC1CC(O)[C@](C)(OC(C)=O)C2CC3(O)CCC(C)=C(CC(OC(C)=O)C(=O)C12C)C3(C)C.O=C(O)c1ccccc1. The van der Waals surface area contributed by atoms with Gasteiger partial charge in [-0.05, 0) is 83.0 Å². The number of carboxylic acid groups (broad SMARTS) is 1. The molecule has 0 aliphatic heterocycles. The third kappa shape index (κ3) is 11.2. The van der Waals surface area contributed by atoms with Gasteiger partial charge in [0.25, 0.3) is 5.91 Å². The van der Waals surface area contributed by atoms with Crippen LogP contribution in [0.5, 0.6) is 0 Å². The van der Waals surface area contributed by atoms with Crippen LogP contribution in [0.4, 0.5) is 0 Å². The zero-order valence-corrected chi connectivity index (χ0v) is 38.1. The number of aromatic carboxylic acids is 1. The molecule has 62 heavy (non-hydrogen) atoms. The molecule has 4 N–H and O–H groups in total. The number of esters is 2. The molecule has 3 aliphatic rings. The minimum Gasteiger partial charge on any atom is -0.478 e. The summed E-state index contributed by atoms with van der Waals surface area (Å²) in [6, 6.07) is 27.5. The van der Waals surface area contributed by atoms with Crippen LogP contribution >= 0.6 is 11.8 Å². The Bertz CT molecular complexity index is 2060. The van der Waals surface area contributed by atoms with E-state index in [4.69, 9.17) is 19.3 Å². The van der Waals surface area contributed by atoms with E-state index in [-0.39, 0.29) is 42.9 Å². The van der Waals surface area contributed by atoms with Crippen molar-refractivity contribution in [2.24, 2.45) is 16.7 Å². The number of ketones is 1. The summed E-state index contributed by atoms with van der Waals surface area (Å²) in [6.45, 7) is 13.8. The summed E-state index contributed by atoms with van der Waals surface area (Å²) < 4.78 is 17.6. The Labute approximate surface area is 369 Å². The first-order valence-electron chi connectivity index (χ1n) is 20.9. The number of fused-ring (bicyclic) bond motifs is 3. The zero-order chi connectivity index (χ0) is 46.0. The second kappa shape index (κ2) is 21.0. The molecule has 6 rings (SSSR count). The average molecular weight is 874 g/mol. The normalized spacial score (nSPS) is 28.0. The summed E-state index contributed by atoms with van der Waals surface area (Å²) in [5.41, 5.74) is -0.711. The molecule has 1 amide bonds. The first-order valence-corrected chi connectivity index (χ1v) is 22.3. The molecule has 8 atom stereocenters. The molecule has 2 fully saturated rings. The number of carbonyl (C=O) groups is 5. The molecule has 13 heteroatoms. The number of hydrogen-bond donors (Lipinski definition) is 4. The first kappa shape index (κ1) is 49.8. The van der Waals surface area contributed by atoms with Gasteiger partial charge in [-0.15, -0.1) is 11.8 Å². The van der Waals surface area contributed by atoms with Crippen LogP contribution < -0.4 is 5.32 Å². The molecule has 0 radical (unpaired) electrons. The monoisotopic (exact) mass is 873 g/mol. The van der Waals surface area contributed by atoms with E-state index in [9.17, 15) is 34.2 Å². The zero-order valence-electron chi connectivity index (χ0n) is 37.3. The van der Waals surface area contributed by atoms with Crippen molar-refractivity contribution in [1.29, 1.82) is 0 Å². The van der Waals surface area contributed by atoms with Crippen molar-refractivity contribution in [3.8, 4) is 0 Å². The Morgan fingerprint density at radius 3 is 1.92 bits per heavy atom. The maximum atomic E-state index is 14.5. The molecule has 3 aliphatic carbocycles. The van der Waals surface area contributed by atoms with Crippen LogP contribution in [0.3, 0.4) is 0 Å².